The number of hydrogen-bond acceptors (Lipinski definition) is 5. The SMILES string of the molecule is Cc1ncsc1C(C)NC1CCN(C(=O)OC(C)(C)C)C1. The first-order valence-electron chi connectivity index (χ1n) is 7.40. The zero-order valence-corrected chi connectivity index (χ0v) is 14.3. The minimum Gasteiger partial charge on any atom is -0.444 e. The second-order valence-corrected chi connectivity index (χ2v) is 7.49. The zero-order valence-electron chi connectivity index (χ0n) is 13.5. The third-order valence-electron chi connectivity index (χ3n) is 3.50. The minimum absolute atomic E-state index is 0.214. The van der Waals surface area contributed by atoms with Crippen LogP contribution in [0, 0.1) is 6.92 Å². The number of nitrogens with zero attached hydrogens (tertiary/aromatic N) is 2. The molecule has 1 aliphatic rings. The van der Waals surface area contributed by atoms with Crippen LogP contribution in [0.5, 0.6) is 0 Å². The van der Waals surface area contributed by atoms with Gasteiger partial charge in [0.2, 0.25) is 0 Å². The lowest BCUT2D eigenvalue weighted by atomic mass is 10.2. The van der Waals surface area contributed by atoms with Crippen LogP contribution < -0.4 is 5.32 Å². The third kappa shape index (κ3) is 4.41. The molecule has 1 aliphatic heterocycles. The molecule has 1 fully saturated rings. The van der Waals surface area contributed by atoms with Crippen molar-refractivity contribution in [2.24, 2.45) is 0 Å². The van der Waals surface area contributed by atoms with E-state index in [0.29, 0.717) is 12.6 Å². The highest BCUT2D eigenvalue weighted by atomic mass is 32.1. The van der Waals surface area contributed by atoms with Gasteiger partial charge in [-0.2, -0.15) is 0 Å². The Morgan fingerprint density at radius 1 is 1.57 bits per heavy atom. The molecule has 1 N–H and O–H groups in total. The monoisotopic (exact) mass is 311 g/mol. The normalized spacial score (nSPS) is 20.6. The molecule has 2 heterocycles. The topological polar surface area (TPSA) is 54.5 Å². The molecule has 118 valence electrons. The van der Waals surface area contributed by atoms with Crippen LogP contribution >= 0.6 is 11.3 Å². The summed E-state index contributed by atoms with van der Waals surface area (Å²) in [6.45, 7) is 11.3. The van der Waals surface area contributed by atoms with E-state index in [-0.39, 0.29) is 12.1 Å². The van der Waals surface area contributed by atoms with Crippen LogP contribution in [0.25, 0.3) is 0 Å². The standard InChI is InChI=1S/C15H25N3O2S/c1-10-13(21-9-16-10)11(2)17-12-6-7-18(8-12)14(19)20-15(3,4)5/h9,11-12,17H,6-8H2,1-5H3. The van der Waals surface area contributed by atoms with Crippen molar-refractivity contribution >= 4 is 17.4 Å². The lowest BCUT2D eigenvalue weighted by Crippen LogP contribution is -2.38. The van der Waals surface area contributed by atoms with Crippen LogP contribution in [0.3, 0.4) is 0 Å². The lowest BCUT2D eigenvalue weighted by Gasteiger charge is -2.25. The molecule has 21 heavy (non-hydrogen) atoms. The number of amides is 1. The smallest absolute Gasteiger partial charge is 0.410 e. The summed E-state index contributed by atoms with van der Waals surface area (Å²) in [4.78, 5) is 19.4. The largest absolute Gasteiger partial charge is 0.444 e. The van der Waals surface area contributed by atoms with Crippen LogP contribution in [0.2, 0.25) is 0 Å². The average Bonchev–Trinajstić information content (AvgIpc) is 2.95. The highest BCUT2D eigenvalue weighted by molar-refractivity contribution is 7.09. The molecule has 2 atom stereocenters. The number of nitrogens with one attached hydrogen (secondary N) is 1. The lowest BCUT2D eigenvalue weighted by molar-refractivity contribution is 0.0290. The molecule has 0 aliphatic carbocycles. The molecular formula is C15H25N3O2S. The average molecular weight is 311 g/mol. The minimum atomic E-state index is -0.435. The van der Waals surface area contributed by atoms with Gasteiger partial charge in [0.25, 0.3) is 0 Å². The Kier molecular flexibility index (Phi) is 4.88. The molecule has 1 aromatic heterocycles. The number of aryl methyl sites for hydroxylation is 1. The van der Waals surface area contributed by atoms with E-state index >= 15 is 0 Å². The molecule has 0 bridgehead atoms. The van der Waals surface area contributed by atoms with E-state index in [0.717, 1.165) is 18.7 Å². The third-order valence-corrected chi connectivity index (χ3v) is 4.62. The van der Waals surface area contributed by atoms with Gasteiger partial charge in [-0.15, -0.1) is 11.3 Å². The maximum absolute atomic E-state index is 12.0. The highest BCUT2D eigenvalue weighted by Crippen LogP contribution is 2.23. The van der Waals surface area contributed by atoms with Gasteiger partial charge in [-0.25, -0.2) is 9.78 Å². The number of thiazole rings is 1. The van der Waals surface area contributed by atoms with Crippen molar-refractivity contribution in [3.05, 3.63) is 16.1 Å². The molecule has 2 rings (SSSR count). The van der Waals surface area contributed by atoms with Crippen molar-refractivity contribution in [1.82, 2.24) is 15.2 Å². The summed E-state index contributed by atoms with van der Waals surface area (Å²) in [5, 5.41) is 3.59. The van der Waals surface area contributed by atoms with Crippen molar-refractivity contribution in [1.29, 1.82) is 0 Å². The fourth-order valence-corrected chi connectivity index (χ4v) is 3.36. The van der Waals surface area contributed by atoms with Crippen LogP contribution in [0.1, 0.15) is 50.7 Å². The second-order valence-electron chi connectivity index (χ2n) is 6.60. The summed E-state index contributed by atoms with van der Waals surface area (Å²) >= 11 is 1.68. The Bertz CT molecular complexity index is 495. The van der Waals surface area contributed by atoms with Gasteiger partial charge in [-0.05, 0) is 41.0 Å². The predicted octanol–water partition coefficient (Wildman–Crippen LogP) is 3.11. The van der Waals surface area contributed by atoms with Gasteiger partial charge in [0.15, 0.2) is 0 Å². The van der Waals surface area contributed by atoms with E-state index in [1.165, 1.54) is 4.88 Å². The van der Waals surface area contributed by atoms with Crippen molar-refractivity contribution in [2.45, 2.75) is 58.7 Å². The molecule has 1 saturated heterocycles. The van der Waals surface area contributed by atoms with Crippen LogP contribution in [-0.2, 0) is 4.74 Å². The van der Waals surface area contributed by atoms with Crippen molar-refractivity contribution in [2.75, 3.05) is 13.1 Å². The maximum atomic E-state index is 12.0. The Hall–Kier alpha value is -1.14. The van der Waals surface area contributed by atoms with Gasteiger partial charge in [0.05, 0.1) is 11.2 Å². The number of hydrogen-bond donors (Lipinski definition) is 1. The summed E-state index contributed by atoms with van der Waals surface area (Å²) in [5.74, 6) is 0. The zero-order chi connectivity index (χ0) is 15.6. The molecular weight excluding hydrogens is 286 g/mol. The summed E-state index contributed by atoms with van der Waals surface area (Å²) in [5.41, 5.74) is 2.53. The predicted molar refractivity (Wildman–Crippen MR) is 84.6 cm³/mol. The molecule has 1 aromatic rings. The summed E-state index contributed by atoms with van der Waals surface area (Å²) in [7, 11) is 0. The Morgan fingerprint density at radius 3 is 2.86 bits per heavy atom. The van der Waals surface area contributed by atoms with E-state index in [4.69, 9.17) is 4.74 Å². The summed E-state index contributed by atoms with van der Waals surface area (Å²) in [6.07, 6.45) is 0.745. The van der Waals surface area contributed by atoms with E-state index in [2.05, 4.69) is 17.2 Å². The van der Waals surface area contributed by atoms with Crippen molar-refractivity contribution in [3.63, 3.8) is 0 Å². The molecule has 0 saturated carbocycles. The fourth-order valence-electron chi connectivity index (χ4n) is 2.54. The van der Waals surface area contributed by atoms with Gasteiger partial charge >= 0.3 is 6.09 Å². The number of carbonyl (C=O) groups excluding carboxylic acids is 1. The van der Waals surface area contributed by atoms with Crippen LogP contribution in [0.15, 0.2) is 5.51 Å². The molecule has 5 nitrogen and oxygen atoms in total. The first-order chi connectivity index (χ1) is 9.76. The Labute approximate surface area is 130 Å². The number of carbonyl (C=O) groups is 1. The van der Waals surface area contributed by atoms with Gasteiger partial charge in [-0.3, -0.25) is 0 Å². The molecule has 2 unspecified atom stereocenters. The van der Waals surface area contributed by atoms with Crippen molar-refractivity contribution < 1.29 is 9.53 Å². The fraction of sp³-hybridized carbons (Fsp3) is 0.733. The molecule has 0 radical (unpaired) electrons. The van der Waals surface area contributed by atoms with Crippen LogP contribution in [0.4, 0.5) is 4.79 Å². The number of ether oxygens (including phenoxy) is 1. The Morgan fingerprint density at radius 2 is 2.29 bits per heavy atom. The van der Waals surface area contributed by atoms with Gasteiger partial charge in [0.1, 0.15) is 5.60 Å². The molecule has 0 spiro atoms. The Balaban J connectivity index is 1.85. The summed E-state index contributed by atoms with van der Waals surface area (Å²) in [6, 6.07) is 0.579. The number of rotatable bonds is 3. The first kappa shape index (κ1) is 16.2. The highest BCUT2D eigenvalue weighted by Gasteiger charge is 2.30. The van der Waals surface area contributed by atoms with Gasteiger partial charge in [-0.1, -0.05) is 0 Å². The molecule has 0 aromatic carbocycles. The number of likely N-dealkylation sites (tertiary alicyclic amines) is 1. The van der Waals surface area contributed by atoms with Crippen LogP contribution in [-0.4, -0.2) is 40.7 Å². The van der Waals surface area contributed by atoms with E-state index in [1.807, 2.05) is 33.2 Å². The van der Waals surface area contributed by atoms with Gasteiger partial charge < -0.3 is 15.0 Å². The van der Waals surface area contributed by atoms with Crippen molar-refractivity contribution in [3.8, 4) is 0 Å². The van der Waals surface area contributed by atoms with E-state index in [9.17, 15) is 4.79 Å². The molecule has 6 heteroatoms. The maximum Gasteiger partial charge on any atom is 0.410 e. The summed E-state index contributed by atoms with van der Waals surface area (Å²) < 4.78 is 5.42. The van der Waals surface area contributed by atoms with E-state index < -0.39 is 5.60 Å². The number of aromatic nitrogens is 1. The quantitative estimate of drug-likeness (QED) is 0.932. The first-order valence-corrected chi connectivity index (χ1v) is 8.28. The van der Waals surface area contributed by atoms with Gasteiger partial charge in [0, 0.05) is 30.1 Å². The second kappa shape index (κ2) is 6.32. The molecule has 1 amide bonds. The van der Waals surface area contributed by atoms with E-state index in [1.54, 1.807) is 16.2 Å².